The fourth-order valence-electron chi connectivity index (χ4n) is 1.13. The van der Waals surface area contributed by atoms with Gasteiger partial charge in [-0.2, -0.15) is 11.8 Å². The summed E-state index contributed by atoms with van der Waals surface area (Å²) in [5.74, 6) is 2.37. The molecule has 1 aliphatic carbocycles. The van der Waals surface area contributed by atoms with Crippen LogP contribution in [0.5, 0.6) is 0 Å². The Balaban J connectivity index is 2.10. The highest BCUT2D eigenvalue weighted by Gasteiger charge is 1.96. The van der Waals surface area contributed by atoms with Crippen LogP contribution >= 0.6 is 11.8 Å². The van der Waals surface area contributed by atoms with Crippen LogP contribution in [0.4, 0.5) is 0 Å². The topological polar surface area (TPSA) is 0 Å². The van der Waals surface area contributed by atoms with Gasteiger partial charge in [0.1, 0.15) is 0 Å². The van der Waals surface area contributed by atoms with Crippen molar-refractivity contribution in [2.24, 2.45) is 0 Å². The van der Waals surface area contributed by atoms with Crippen LogP contribution < -0.4 is 0 Å². The smallest absolute Gasteiger partial charge is 0.0181 e. The van der Waals surface area contributed by atoms with Crippen molar-refractivity contribution in [3.8, 4) is 0 Å². The fourth-order valence-corrected chi connectivity index (χ4v) is 2.06. The molecule has 0 aromatic heterocycles. The Bertz CT molecular complexity index is 189. The van der Waals surface area contributed by atoms with E-state index in [-0.39, 0.29) is 0 Å². The van der Waals surface area contributed by atoms with Gasteiger partial charge in [0.25, 0.3) is 0 Å². The van der Waals surface area contributed by atoms with Gasteiger partial charge in [-0.05, 0) is 30.6 Å². The minimum Gasteiger partial charge on any atom is -0.157 e. The molecule has 0 aromatic carbocycles. The van der Waals surface area contributed by atoms with Gasteiger partial charge in [-0.1, -0.05) is 24.3 Å². The van der Waals surface area contributed by atoms with Gasteiger partial charge in [0, 0.05) is 5.75 Å². The highest BCUT2D eigenvalue weighted by atomic mass is 32.2. The molecule has 0 nitrogen and oxygen atoms in total. The van der Waals surface area contributed by atoms with Gasteiger partial charge in [0.05, 0.1) is 0 Å². The van der Waals surface area contributed by atoms with Crippen LogP contribution in [0.2, 0.25) is 0 Å². The molecule has 1 aliphatic rings. The third-order valence-corrected chi connectivity index (χ3v) is 2.87. The summed E-state index contributed by atoms with van der Waals surface area (Å²) < 4.78 is 0. The standard InChI is InChI=1S/C11H16S/c1-2-3-9-12-10-11-7-5-4-6-8-11/h2,5,7-8H,1,3-4,6,9-10H2. The predicted molar refractivity (Wildman–Crippen MR) is 58.6 cm³/mol. The number of allylic oxidation sites excluding steroid dienone is 4. The number of hydrogen-bond donors (Lipinski definition) is 0. The van der Waals surface area contributed by atoms with Crippen LogP contribution in [-0.2, 0) is 0 Å². The fraction of sp³-hybridized carbons (Fsp3) is 0.455. The van der Waals surface area contributed by atoms with E-state index in [4.69, 9.17) is 0 Å². The molecule has 0 aromatic rings. The van der Waals surface area contributed by atoms with Crippen molar-refractivity contribution in [1.82, 2.24) is 0 Å². The summed E-state index contributed by atoms with van der Waals surface area (Å²) in [7, 11) is 0. The summed E-state index contributed by atoms with van der Waals surface area (Å²) in [5, 5.41) is 0. The first-order chi connectivity index (χ1) is 5.93. The lowest BCUT2D eigenvalue weighted by molar-refractivity contribution is 1.02. The summed E-state index contributed by atoms with van der Waals surface area (Å²) in [4.78, 5) is 0. The summed E-state index contributed by atoms with van der Waals surface area (Å²) >= 11 is 1.99. The molecule has 0 fully saturated rings. The van der Waals surface area contributed by atoms with E-state index in [2.05, 4.69) is 24.8 Å². The van der Waals surface area contributed by atoms with Crippen molar-refractivity contribution in [2.45, 2.75) is 19.3 Å². The molecule has 0 unspecified atom stereocenters. The van der Waals surface area contributed by atoms with Gasteiger partial charge in [-0.3, -0.25) is 0 Å². The first-order valence-corrected chi connectivity index (χ1v) is 5.63. The quantitative estimate of drug-likeness (QED) is 0.460. The maximum Gasteiger partial charge on any atom is 0.0181 e. The van der Waals surface area contributed by atoms with Crippen molar-refractivity contribution < 1.29 is 0 Å². The Hall–Kier alpha value is -0.430. The maximum atomic E-state index is 3.70. The zero-order valence-electron chi connectivity index (χ0n) is 7.46. The molecule has 0 atom stereocenters. The van der Waals surface area contributed by atoms with Crippen molar-refractivity contribution in [3.63, 3.8) is 0 Å². The minimum absolute atomic E-state index is 1.13. The van der Waals surface area contributed by atoms with E-state index in [0.29, 0.717) is 0 Å². The van der Waals surface area contributed by atoms with Gasteiger partial charge in [-0.15, -0.1) is 6.58 Å². The van der Waals surface area contributed by atoms with Gasteiger partial charge in [0.15, 0.2) is 0 Å². The molecule has 0 saturated carbocycles. The van der Waals surface area contributed by atoms with Crippen LogP contribution in [-0.4, -0.2) is 11.5 Å². The Morgan fingerprint density at radius 3 is 3.08 bits per heavy atom. The average Bonchev–Trinajstić information content (AvgIpc) is 2.14. The first-order valence-electron chi connectivity index (χ1n) is 4.47. The Morgan fingerprint density at radius 2 is 2.42 bits per heavy atom. The van der Waals surface area contributed by atoms with Crippen LogP contribution in [0, 0.1) is 0 Å². The van der Waals surface area contributed by atoms with Crippen molar-refractivity contribution >= 4 is 11.8 Å². The van der Waals surface area contributed by atoms with E-state index < -0.39 is 0 Å². The molecular weight excluding hydrogens is 164 g/mol. The molecule has 0 saturated heterocycles. The molecule has 0 heterocycles. The van der Waals surface area contributed by atoms with E-state index in [0.717, 1.165) is 6.42 Å². The Kier molecular flexibility index (Phi) is 4.93. The van der Waals surface area contributed by atoms with Gasteiger partial charge < -0.3 is 0 Å². The highest BCUT2D eigenvalue weighted by Crippen LogP contribution is 2.15. The van der Waals surface area contributed by atoms with Gasteiger partial charge >= 0.3 is 0 Å². The molecule has 1 rings (SSSR count). The van der Waals surface area contributed by atoms with Crippen molar-refractivity contribution in [3.05, 3.63) is 36.5 Å². The normalized spacial score (nSPS) is 15.8. The lowest BCUT2D eigenvalue weighted by Gasteiger charge is -2.05. The van der Waals surface area contributed by atoms with E-state index >= 15 is 0 Å². The number of thioether (sulfide) groups is 1. The summed E-state index contributed by atoms with van der Waals surface area (Å²) in [6.07, 6.45) is 12.4. The highest BCUT2D eigenvalue weighted by molar-refractivity contribution is 7.99. The predicted octanol–water partition coefficient (Wildman–Crippen LogP) is 3.57. The monoisotopic (exact) mass is 180 g/mol. The molecule has 0 aliphatic heterocycles. The molecule has 0 radical (unpaired) electrons. The molecule has 66 valence electrons. The van der Waals surface area contributed by atoms with Crippen molar-refractivity contribution in [2.75, 3.05) is 11.5 Å². The number of hydrogen-bond acceptors (Lipinski definition) is 1. The molecule has 1 heteroatoms. The van der Waals surface area contributed by atoms with E-state index in [1.54, 1.807) is 0 Å². The third-order valence-electron chi connectivity index (χ3n) is 1.81. The SMILES string of the molecule is C=CCCSCC1=CCCC=C1. The third kappa shape index (κ3) is 3.82. The van der Waals surface area contributed by atoms with Crippen LogP contribution in [0.3, 0.4) is 0 Å². The summed E-state index contributed by atoms with van der Waals surface area (Å²) in [6, 6.07) is 0. The summed E-state index contributed by atoms with van der Waals surface area (Å²) in [5.41, 5.74) is 1.50. The molecule has 0 N–H and O–H groups in total. The largest absolute Gasteiger partial charge is 0.157 e. The molecule has 12 heavy (non-hydrogen) atoms. The molecular formula is C11H16S. The maximum absolute atomic E-state index is 3.70. The zero-order chi connectivity index (χ0) is 8.65. The second kappa shape index (κ2) is 6.13. The zero-order valence-corrected chi connectivity index (χ0v) is 8.28. The second-order valence-electron chi connectivity index (χ2n) is 2.89. The van der Waals surface area contributed by atoms with E-state index in [1.165, 1.54) is 29.9 Å². The van der Waals surface area contributed by atoms with Gasteiger partial charge in [0.2, 0.25) is 0 Å². The Morgan fingerprint density at radius 1 is 1.50 bits per heavy atom. The average molecular weight is 180 g/mol. The van der Waals surface area contributed by atoms with Crippen LogP contribution in [0.15, 0.2) is 36.5 Å². The van der Waals surface area contributed by atoms with Gasteiger partial charge in [-0.25, -0.2) is 0 Å². The van der Waals surface area contributed by atoms with Crippen LogP contribution in [0.25, 0.3) is 0 Å². The molecule has 0 amide bonds. The van der Waals surface area contributed by atoms with E-state index in [1.807, 2.05) is 17.8 Å². The lowest BCUT2D eigenvalue weighted by Crippen LogP contribution is -1.89. The van der Waals surface area contributed by atoms with E-state index in [9.17, 15) is 0 Å². The van der Waals surface area contributed by atoms with Crippen LogP contribution in [0.1, 0.15) is 19.3 Å². The summed E-state index contributed by atoms with van der Waals surface area (Å²) in [6.45, 7) is 3.70. The first kappa shape index (κ1) is 9.66. The second-order valence-corrected chi connectivity index (χ2v) is 3.99. The Labute approximate surface area is 79.4 Å². The molecule has 0 spiro atoms. The molecule has 0 bridgehead atoms. The minimum atomic E-state index is 1.13. The van der Waals surface area contributed by atoms with Crippen molar-refractivity contribution in [1.29, 1.82) is 0 Å². The number of rotatable bonds is 5. The lowest BCUT2D eigenvalue weighted by atomic mass is 10.1.